The first-order valence-corrected chi connectivity index (χ1v) is 9.77. The maximum absolute atomic E-state index is 12.6. The molecule has 6 heteroatoms. The average molecular weight is 347 g/mol. The minimum Gasteiger partial charge on any atom is -0.394 e. The highest BCUT2D eigenvalue weighted by Crippen LogP contribution is 2.29. The molecule has 0 aromatic heterocycles. The number of rotatable bonds is 11. The fourth-order valence-electron chi connectivity index (χ4n) is 2.36. The van der Waals surface area contributed by atoms with Gasteiger partial charge in [-0.1, -0.05) is 37.5 Å². The summed E-state index contributed by atoms with van der Waals surface area (Å²) in [6.45, 7) is 5.31. The molecule has 1 aromatic rings. The van der Waals surface area contributed by atoms with Crippen molar-refractivity contribution in [3.8, 4) is 0 Å². The lowest BCUT2D eigenvalue weighted by molar-refractivity contribution is -0.137. The van der Waals surface area contributed by atoms with Gasteiger partial charge < -0.3 is 8.85 Å². The predicted molar refractivity (Wildman–Crippen MR) is 87.4 cm³/mol. The summed E-state index contributed by atoms with van der Waals surface area (Å²) < 4.78 is 49.1. The maximum Gasteiger partial charge on any atom is 0.416 e. The summed E-state index contributed by atoms with van der Waals surface area (Å²) in [5, 5.41) is 0. The van der Waals surface area contributed by atoms with Crippen molar-refractivity contribution < 1.29 is 22.0 Å². The Morgan fingerprint density at radius 1 is 0.957 bits per heavy atom. The van der Waals surface area contributed by atoms with Crippen molar-refractivity contribution in [2.45, 2.75) is 58.2 Å². The second kappa shape index (κ2) is 10.8. The van der Waals surface area contributed by atoms with E-state index in [1.54, 1.807) is 6.07 Å². The molecule has 0 saturated carbocycles. The smallest absolute Gasteiger partial charge is 0.394 e. The van der Waals surface area contributed by atoms with Crippen LogP contribution in [0.3, 0.4) is 0 Å². The first-order valence-electron chi connectivity index (χ1n) is 8.25. The second-order valence-electron chi connectivity index (χ2n) is 5.35. The van der Waals surface area contributed by atoms with E-state index in [0.29, 0.717) is 19.6 Å². The Bertz CT molecular complexity index is 432. The number of aryl methyl sites for hydroxylation is 1. The zero-order valence-corrected chi connectivity index (χ0v) is 14.9. The van der Waals surface area contributed by atoms with Crippen LogP contribution in [0.5, 0.6) is 0 Å². The minimum atomic E-state index is -4.26. The molecule has 23 heavy (non-hydrogen) atoms. The van der Waals surface area contributed by atoms with Crippen molar-refractivity contribution in [2.24, 2.45) is 0 Å². The zero-order chi connectivity index (χ0) is 17.1. The lowest BCUT2D eigenvalue weighted by Crippen LogP contribution is -2.22. The molecule has 0 saturated heterocycles. The van der Waals surface area contributed by atoms with Crippen molar-refractivity contribution in [1.82, 2.24) is 0 Å². The van der Waals surface area contributed by atoms with Crippen LogP contribution in [0.1, 0.15) is 50.7 Å². The van der Waals surface area contributed by atoms with Crippen LogP contribution in [-0.4, -0.2) is 22.5 Å². The standard InChI is InChI=1S/C17H26F3O2Si/c1-3-21-23(22-4-2)13-8-6-5-7-10-15-11-9-12-16(14-15)17(18,19)20/h9,11-12,14H,3-8,10,13H2,1-2H3. The van der Waals surface area contributed by atoms with Crippen LogP contribution in [0.25, 0.3) is 0 Å². The number of unbranched alkanes of at least 4 members (excludes halogenated alkanes) is 3. The summed E-state index contributed by atoms with van der Waals surface area (Å²) in [5.74, 6) is 0. The van der Waals surface area contributed by atoms with Gasteiger partial charge in [-0.3, -0.25) is 0 Å². The summed E-state index contributed by atoms with van der Waals surface area (Å²) in [4.78, 5) is 0. The third-order valence-corrected chi connectivity index (χ3v) is 5.44. The average Bonchev–Trinajstić information content (AvgIpc) is 2.50. The molecule has 0 bridgehead atoms. The fraction of sp³-hybridized carbons (Fsp3) is 0.647. The van der Waals surface area contributed by atoms with Crippen LogP contribution in [0.4, 0.5) is 13.2 Å². The van der Waals surface area contributed by atoms with Crippen molar-refractivity contribution in [1.29, 1.82) is 0 Å². The lowest BCUT2D eigenvalue weighted by Gasteiger charge is -2.12. The van der Waals surface area contributed by atoms with E-state index in [0.717, 1.165) is 43.4 Å². The summed E-state index contributed by atoms with van der Waals surface area (Å²) in [5.41, 5.74) is 0.198. The maximum atomic E-state index is 12.6. The normalized spacial score (nSPS) is 12.1. The van der Waals surface area contributed by atoms with E-state index < -0.39 is 21.0 Å². The van der Waals surface area contributed by atoms with Gasteiger partial charge in [-0.15, -0.1) is 0 Å². The SMILES string of the molecule is CCO[Si](CCCCCCc1cccc(C(F)(F)F)c1)OCC. The summed E-state index contributed by atoms with van der Waals surface area (Å²) in [6, 6.07) is 6.59. The van der Waals surface area contributed by atoms with Crippen LogP contribution >= 0.6 is 0 Å². The highest BCUT2D eigenvalue weighted by molar-refractivity contribution is 6.44. The molecule has 0 aliphatic rings. The zero-order valence-electron chi connectivity index (χ0n) is 13.9. The number of alkyl halides is 3. The molecule has 2 nitrogen and oxygen atoms in total. The van der Waals surface area contributed by atoms with Crippen LogP contribution in [-0.2, 0) is 21.4 Å². The highest BCUT2D eigenvalue weighted by Gasteiger charge is 2.30. The third-order valence-electron chi connectivity index (χ3n) is 3.46. The topological polar surface area (TPSA) is 18.5 Å². The van der Waals surface area contributed by atoms with Crippen molar-refractivity contribution in [3.63, 3.8) is 0 Å². The molecule has 0 atom stereocenters. The lowest BCUT2D eigenvalue weighted by atomic mass is 10.0. The fourth-order valence-corrected chi connectivity index (χ4v) is 3.92. The molecule has 1 rings (SSSR count). The molecule has 0 unspecified atom stereocenters. The molecular formula is C17H26F3O2Si. The van der Waals surface area contributed by atoms with Gasteiger partial charge in [-0.05, 0) is 44.4 Å². The van der Waals surface area contributed by atoms with Gasteiger partial charge in [0, 0.05) is 13.2 Å². The van der Waals surface area contributed by atoms with Gasteiger partial charge in [0.2, 0.25) is 0 Å². The molecule has 0 aliphatic heterocycles. The van der Waals surface area contributed by atoms with Crippen LogP contribution in [0.15, 0.2) is 24.3 Å². The molecule has 0 spiro atoms. The molecular weight excluding hydrogens is 321 g/mol. The van der Waals surface area contributed by atoms with Gasteiger partial charge in [-0.2, -0.15) is 13.2 Å². The summed E-state index contributed by atoms with van der Waals surface area (Å²) in [6.07, 6.45) is 0.478. The van der Waals surface area contributed by atoms with Gasteiger partial charge in [-0.25, -0.2) is 0 Å². The van der Waals surface area contributed by atoms with E-state index in [1.807, 2.05) is 13.8 Å². The number of hydrogen-bond acceptors (Lipinski definition) is 2. The molecule has 131 valence electrons. The van der Waals surface area contributed by atoms with E-state index in [4.69, 9.17) is 8.85 Å². The van der Waals surface area contributed by atoms with Crippen LogP contribution in [0, 0.1) is 0 Å². The Morgan fingerprint density at radius 3 is 2.22 bits per heavy atom. The van der Waals surface area contributed by atoms with E-state index in [9.17, 15) is 13.2 Å². The molecule has 0 N–H and O–H groups in total. The number of halogens is 3. The second-order valence-corrected chi connectivity index (χ2v) is 7.17. The quantitative estimate of drug-likeness (QED) is 0.396. The van der Waals surface area contributed by atoms with E-state index in [-0.39, 0.29) is 0 Å². The van der Waals surface area contributed by atoms with Gasteiger partial charge in [0.15, 0.2) is 0 Å². The van der Waals surface area contributed by atoms with Gasteiger partial charge in [0.25, 0.3) is 0 Å². The Balaban J connectivity index is 2.22. The highest BCUT2D eigenvalue weighted by atomic mass is 28.3. The van der Waals surface area contributed by atoms with E-state index in [1.165, 1.54) is 12.1 Å². The van der Waals surface area contributed by atoms with Crippen LogP contribution < -0.4 is 0 Å². The molecule has 1 radical (unpaired) electrons. The number of benzene rings is 1. The van der Waals surface area contributed by atoms with Crippen molar-refractivity contribution >= 4 is 9.28 Å². The van der Waals surface area contributed by atoms with E-state index >= 15 is 0 Å². The summed E-state index contributed by atoms with van der Waals surface area (Å²) >= 11 is 0. The Labute approximate surface area is 138 Å². The molecule has 0 aliphatic carbocycles. The van der Waals surface area contributed by atoms with E-state index in [2.05, 4.69) is 0 Å². The Morgan fingerprint density at radius 2 is 1.61 bits per heavy atom. The Hall–Kier alpha value is -0.853. The molecule has 0 heterocycles. The first-order chi connectivity index (χ1) is 11.0. The molecule has 1 aromatic carbocycles. The largest absolute Gasteiger partial charge is 0.416 e. The summed E-state index contributed by atoms with van der Waals surface area (Å²) in [7, 11) is -1.13. The molecule has 0 fully saturated rings. The Kier molecular flexibility index (Phi) is 9.51. The third kappa shape index (κ3) is 8.53. The van der Waals surface area contributed by atoms with Crippen molar-refractivity contribution in [2.75, 3.05) is 13.2 Å². The molecule has 0 amide bonds. The minimum absolute atomic E-state index is 0.560. The monoisotopic (exact) mass is 347 g/mol. The van der Waals surface area contributed by atoms with Gasteiger partial charge in [0.05, 0.1) is 5.56 Å². The first kappa shape index (κ1) is 20.2. The number of hydrogen-bond donors (Lipinski definition) is 0. The van der Waals surface area contributed by atoms with Gasteiger partial charge >= 0.3 is 15.5 Å². The van der Waals surface area contributed by atoms with Crippen LogP contribution in [0.2, 0.25) is 6.04 Å². The predicted octanol–water partition coefficient (Wildman–Crippen LogP) is 5.37. The van der Waals surface area contributed by atoms with Crippen molar-refractivity contribution in [3.05, 3.63) is 35.4 Å². The van der Waals surface area contributed by atoms with Gasteiger partial charge in [0.1, 0.15) is 0 Å².